The quantitative estimate of drug-likeness (QED) is 0.119. The second kappa shape index (κ2) is 17.4. The Balaban J connectivity index is 0.000000247. The fraction of sp³-hybridized carbons (Fsp3) is 0.462. The van der Waals surface area contributed by atoms with Gasteiger partial charge in [-0.1, -0.05) is 24.3 Å². The summed E-state index contributed by atoms with van der Waals surface area (Å²) in [6.07, 6.45) is 4.19. The zero-order valence-corrected chi connectivity index (χ0v) is 26.0. The molecule has 228 valence electrons. The number of nitrogens with zero attached hydrogens (tertiary/aromatic N) is 4. The molecule has 0 aromatic heterocycles. The molecule has 0 spiro atoms. The molecule has 2 aliphatic heterocycles. The maximum absolute atomic E-state index is 8.74. The van der Waals surface area contributed by atoms with E-state index in [0.29, 0.717) is 0 Å². The van der Waals surface area contributed by atoms with E-state index in [0.717, 1.165) is 65.4 Å². The van der Waals surface area contributed by atoms with Gasteiger partial charge in [-0.25, -0.2) is 0 Å². The first kappa shape index (κ1) is 34.7. The summed E-state index contributed by atoms with van der Waals surface area (Å²) in [6, 6.07) is 17.5. The molecule has 2 saturated heterocycles. The number of rotatable bonds is 6. The van der Waals surface area contributed by atoms with Crippen LogP contribution in [-0.2, 0) is 23.5 Å². The number of nitrogens with one attached hydrogen (secondary N) is 2. The number of nitrogens with two attached hydrogens (primary N) is 2. The summed E-state index contributed by atoms with van der Waals surface area (Å²) >= 11 is 3.54. The molecule has 2 aliphatic rings. The van der Waals surface area contributed by atoms with E-state index in [2.05, 4.69) is 70.8 Å². The van der Waals surface area contributed by atoms with Crippen molar-refractivity contribution >= 4 is 45.8 Å². The van der Waals surface area contributed by atoms with Crippen molar-refractivity contribution in [3.8, 4) is 0 Å². The third-order valence-corrected chi connectivity index (χ3v) is 8.04. The van der Waals surface area contributed by atoms with Gasteiger partial charge in [0.1, 0.15) is 0 Å². The second-order valence-corrected chi connectivity index (χ2v) is 12.1. The zero-order chi connectivity index (χ0) is 30.4. The van der Waals surface area contributed by atoms with Gasteiger partial charge < -0.3 is 21.3 Å². The summed E-state index contributed by atoms with van der Waals surface area (Å²) in [6.45, 7) is 9.31. The summed E-state index contributed by atoms with van der Waals surface area (Å²) < 4.78 is 31.6. The molecule has 2 aromatic rings. The molecule has 4 rings (SSSR count). The highest BCUT2D eigenvalue weighted by atomic mass is 32.3. The highest BCUT2D eigenvalue weighted by Gasteiger charge is 2.18. The van der Waals surface area contributed by atoms with Crippen molar-refractivity contribution in [3.63, 3.8) is 0 Å². The fourth-order valence-electron chi connectivity index (χ4n) is 4.27. The smallest absolute Gasteiger partial charge is 0.370 e. The van der Waals surface area contributed by atoms with Crippen LogP contribution in [0.3, 0.4) is 0 Å². The number of thioether (sulfide) groups is 2. The number of hydrogen-bond acceptors (Lipinski definition) is 8. The molecular formula is C26H42N8O4S3. The largest absolute Gasteiger partial charge is 0.394 e. The summed E-state index contributed by atoms with van der Waals surface area (Å²) in [4.78, 5) is 11.3. The minimum atomic E-state index is -4.67. The Labute approximate surface area is 252 Å². The third-order valence-electron chi connectivity index (χ3n) is 6.56. The molecule has 0 saturated carbocycles. The lowest BCUT2D eigenvalue weighted by molar-refractivity contribution is 0.174. The monoisotopic (exact) mass is 626 g/mol. The van der Waals surface area contributed by atoms with Crippen molar-refractivity contribution in [1.29, 1.82) is 10.8 Å². The van der Waals surface area contributed by atoms with Gasteiger partial charge in [0, 0.05) is 75.2 Å². The first-order valence-electron chi connectivity index (χ1n) is 13.0. The lowest BCUT2D eigenvalue weighted by Crippen LogP contribution is -2.50. The molecule has 41 heavy (non-hydrogen) atoms. The molecule has 12 nitrogen and oxygen atoms in total. The summed E-state index contributed by atoms with van der Waals surface area (Å²) in [7, 11) is -4.67. The van der Waals surface area contributed by atoms with Crippen LogP contribution in [0, 0.1) is 10.8 Å². The number of guanidine groups is 2. The Morgan fingerprint density at radius 3 is 1.17 bits per heavy atom. The summed E-state index contributed by atoms with van der Waals surface area (Å²) in [5.74, 6) is 0.387. The van der Waals surface area contributed by atoms with E-state index >= 15 is 0 Å². The first-order chi connectivity index (χ1) is 19.4. The molecule has 0 radical (unpaired) electrons. The number of benzene rings is 2. The van der Waals surface area contributed by atoms with Crippen LogP contribution in [0.5, 0.6) is 0 Å². The van der Waals surface area contributed by atoms with E-state index in [-0.39, 0.29) is 11.9 Å². The van der Waals surface area contributed by atoms with Gasteiger partial charge in [0.25, 0.3) is 0 Å². The molecule has 2 heterocycles. The van der Waals surface area contributed by atoms with Gasteiger partial charge in [-0.3, -0.25) is 29.7 Å². The van der Waals surface area contributed by atoms with E-state index in [9.17, 15) is 0 Å². The predicted molar refractivity (Wildman–Crippen MR) is 168 cm³/mol. The van der Waals surface area contributed by atoms with E-state index in [1.165, 1.54) is 20.9 Å². The van der Waals surface area contributed by atoms with Crippen LogP contribution < -0.4 is 11.5 Å². The Bertz CT molecular complexity index is 1100. The van der Waals surface area contributed by atoms with Gasteiger partial charge >= 0.3 is 10.4 Å². The summed E-state index contributed by atoms with van der Waals surface area (Å²) in [5, 5.41) is 14.8. The van der Waals surface area contributed by atoms with Gasteiger partial charge in [0.05, 0.1) is 0 Å². The van der Waals surface area contributed by atoms with Crippen LogP contribution in [0.1, 0.15) is 11.1 Å². The van der Waals surface area contributed by atoms with Crippen LogP contribution in [0.2, 0.25) is 0 Å². The minimum Gasteiger partial charge on any atom is -0.370 e. The Hall–Kier alpha value is -2.53. The maximum atomic E-state index is 8.74. The average Bonchev–Trinajstić information content (AvgIpc) is 2.94. The Morgan fingerprint density at radius 1 is 0.683 bits per heavy atom. The molecule has 15 heteroatoms. The lowest BCUT2D eigenvalue weighted by atomic mass is 10.2. The Morgan fingerprint density at radius 2 is 0.951 bits per heavy atom. The van der Waals surface area contributed by atoms with Gasteiger partial charge in [-0.2, -0.15) is 8.42 Å². The maximum Gasteiger partial charge on any atom is 0.394 e. The van der Waals surface area contributed by atoms with Gasteiger partial charge in [0.2, 0.25) is 0 Å². The first-order valence-corrected chi connectivity index (χ1v) is 16.8. The average molecular weight is 627 g/mol. The second-order valence-electron chi connectivity index (χ2n) is 9.44. The predicted octanol–water partition coefficient (Wildman–Crippen LogP) is 2.19. The molecule has 0 unspecified atom stereocenters. The van der Waals surface area contributed by atoms with Crippen molar-refractivity contribution in [2.45, 2.75) is 22.9 Å². The van der Waals surface area contributed by atoms with E-state index in [1.54, 1.807) is 23.5 Å². The molecular weight excluding hydrogens is 585 g/mol. The zero-order valence-electron chi connectivity index (χ0n) is 23.6. The summed E-state index contributed by atoms with van der Waals surface area (Å²) in [5.41, 5.74) is 13.7. The standard InChI is InChI=1S/2C13H20N4S.H2O4S/c2*1-18-12-4-2-11(3-5-12)10-16-6-8-17(9-7-16)13(14)15;1-5(2,3)4/h2*2-5H,6-10H2,1H3,(H3,14,15);(H2,1,2,3,4). The number of piperazine rings is 2. The van der Waals surface area contributed by atoms with E-state index < -0.39 is 10.4 Å². The fourth-order valence-corrected chi connectivity index (χ4v) is 5.09. The normalized spacial score (nSPS) is 16.2. The van der Waals surface area contributed by atoms with Crippen molar-refractivity contribution in [3.05, 3.63) is 59.7 Å². The van der Waals surface area contributed by atoms with Crippen LogP contribution >= 0.6 is 23.5 Å². The van der Waals surface area contributed by atoms with Crippen LogP contribution in [0.15, 0.2) is 58.3 Å². The number of hydrogen-bond donors (Lipinski definition) is 6. The van der Waals surface area contributed by atoms with E-state index in [1.807, 2.05) is 9.80 Å². The highest BCUT2D eigenvalue weighted by molar-refractivity contribution is 7.98. The Kier molecular flexibility index (Phi) is 14.7. The van der Waals surface area contributed by atoms with Gasteiger partial charge in [-0.15, -0.1) is 23.5 Å². The molecule has 0 amide bonds. The van der Waals surface area contributed by atoms with Gasteiger partial charge in [-0.05, 0) is 47.9 Å². The van der Waals surface area contributed by atoms with Crippen molar-refractivity contribution < 1.29 is 17.5 Å². The minimum absolute atomic E-state index is 0.193. The third kappa shape index (κ3) is 14.3. The lowest BCUT2D eigenvalue weighted by Gasteiger charge is -2.34. The van der Waals surface area contributed by atoms with Crippen LogP contribution in [-0.4, -0.2) is 114 Å². The SMILES string of the molecule is CSc1ccc(CN2CCN(C(=N)N)CC2)cc1.CSc1ccc(CN2CCN(C(=N)N)CC2)cc1.O=S(=O)(O)O. The topological polar surface area (TPSA) is 187 Å². The van der Waals surface area contributed by atoms with Gasteiger partial charge in [0.15, 0.2) is 11.9 Å². The molecule has 2 fully saturated rings. The van der Waals surface area contributed by atoms with Crippen LogP contribution in [0.25, 0.3) is 0 Å². The molecule has 0 aliphatic carbocycles. The molecule has 0 bridgehead atoms. The van der Waals surface area contributed by atoms with Crippen LogP contribution in [0.4, 0.5) is 0 Å². The van der Waals surface area contributed by atoms with Crippen molar-refractivity contribution in [2.75, 3.05) is 64.9 Å². The van der Waals surface area contributed by atoms with Crippen molar-refractivity contribution in [1.82, 2.24) is 19.6 Å². The van der Waals surface area contributed by atoms with Crippen molar-refractivity contribution in [2.24, 2.45) is 11.5 Å². The van der Waals surface area contributed by atoms with E-state index in [4.69, 9.17) is 39.8 Å². The highest BCUT2D eigenvalue weighted by Crippen LogP contribution is 2.17. The molecule has 0 atom stereocenters. The molecule has 8 N–H and O–H groups in total. The molecule has 2 aromatic carbocycles.